The molecule has 0 aliphatic rings. The molecule has 0 aliphatic heterocycles. The first kappa shape index (κ1) is 12.0. The average Bonchev–Trinajstić information content (AvgIpc) is 2.12. The summed E-state index contributed by atoms with van der Waals surface area (Å²) in [6.07, 6.45) is 0.876. The maximum atomic E-state index is 10.8. The molecule has 0 aliphatic carbocycles. The lowest BCUT2D eigenvalue weighted by atomic mass is 10.2. The topological polar surface area (TPSA) is 66.4 Å². The number of hydrogen-bond acceptors (Lipinski definition) is 4. The Kier molecular flexibility index (Phi) is 3.71. The molecular formula is C10H13O4S-. The highest BCUT2D eigenvalue weighted by Gasteiger charge is 2.06. The summed E-state index contributed by atoms with van der Waals surface area (Å²) in [5.74, 6) is 0.585. The van der Waals surface area contributed by atoms with Crippen LogP contribution in [0.5, 0.6) is 5.75 Å². The van der Waals surface area contributed by atoms with E-state index in [9.17, 15) is 13.0 Å². The zero-order valence-corrected chi connectivity index (χ0v) is 9.50. The Balaban J connectivity index is 2.99. The molecule has 0 amide bonds. The Bertz CT molecular complexity index is 437. The van der Waals surface area contributed by atoms with E-state index in [1.165, 1.54) is 12.1 Å². The first-order chi connectivity index (χ1) is 6.95. The molecule has 0 spiro atoms. The number of benzene rings is 1. The quantitative estimate of drug-likeness (QED) is 0.737. The summed E-state index contributed by atoms with van der Waals surface area (Å²) in [6, 6.07) is 4.33. The van der Waals surface area contributed by atoms with Crippen LogP contribution in [0.15, 0.2) is 23.1 Å². The van der Waals surface area contributed by atoms with Gasteiger partial charge in [0.2, 0.25) is 0 Å². The predicted molar refractivity (Wildman–Crippen MR) is 54.9 cm³/mol. The minimum absolute atomic E-state index is 0.189. The predicted octanol–water partition coefficient (Wildman–Crippen LogP) is 1.69. The van der Waals surface area contributed by atoms with Crippen molar-refractivity contribution in [2.24, 2.45) is 0 Å². The van der Waals surface area contributed by atoms with E-state index in [1.807, 2.05) is 6.92 Å². The van der Waals surface area contributed by atoms with Crippen molar-refractivity contribution in [2.45, 2.75) is 25.2 Å². The van der Waals surface area contributed by atoms with Gasteiger partial charge in [-0.25, -0.2) is 8.42 Å². The van der Waals surface area contributed by atoms with Crippen LogP contribution in [0.4, 0.5) is 0 Å². The van der Waals surface area contributed by atoms with Gasteiger partial charge >= 0.3 is 0 Å². The Labute approximate surface area is 89.6 Å². The maximum absolute atomic E-state index is 10.8. The molecule has 0 saturated carbocycles. The highest BCUT2D eigenvalue weighted by Crippen LogP contribution is 2.20. The second-order valence-electron chi connectivity index (χ2n) is 3.23. The Morgan fingerprint density at radius 1 is 1.40 bits per heavy atom. The summed E-state index contributed by atoms with van der Waals surface area (Å²) in [5.41, 5.74) is 0.415. The average molecular weight is 229 g/mol. The van der Waals surface area contributed by atoms with Gasteiger partial charge < -0.3 is 9.29 Å². The van der Waals surface area contributed by atoms with Gasteiger partial charge in [-0.15, -0.1) is 0 Å². The minimum Gasteiger partial charge on any atom is -0.744 e. The molecule has 0 N–H and O–H groups in total. The highest BCUT2D eigenvalue weighted by atomic mass is 32.2. The smallest absolute Gasteiger partial charge is 0.124 e. The summed E-state index contributed by atoms with van der Waals surface area (Å²) in [5, 5.41) is 0. The molecule has 1 aromatic rings. The van der Waals surface area contributed by atoms with Crippen molar-refractivity contribution in [1.29, 1.82) is 0 Å². The summed E-state index contributed by atoms with van der Waals surface area (Å²) >= 11 is 0. The molecule has 0 aromatic heterocycles. The number of rotatable bonds is 4. The number of aryl methyl sites for hydroxylation is 1. The molecule has 0 atom stereocenters. The van der Waals surface area contributed by atoms with Crippen LogP contribution in [0.1, 0.15) is 18.9 Å². The third kappa shape index (κ3) is 3.21. The zero-order chi connectivity index (χ0) is 11.5. The van der Waals surface area contributed by atoms with Gasteiger partial charge in [0.15, 0.2) is 0 Å². The molecular weight excluding hydrogens is 216 g/mol. The molecule has 0 bridgehead atoms. The van der Waals surface area contributed by atoms with Crippen molar-refractivity contribution in [3.05, 3.63) is 23.8 Å². The van der Waals surface area contributed by atoms with Gasteiger partial charge in [0, 0.05) is 0 Å². The van der Waals surface area contributed by atoms with E-state index in [2.05, 4.69) is 0 Å². The fourth-order valence-electron chi connectivity index (χ4n) is 1.21. The third-order valence-electron chi connectivity index (χ3n) is 1.89. The van der Waals surface area contributed by atoms with Crippen LogP contribution in [0.3, 0.4) is 0 Å². The van der Waals surface area contributed by atoms with Crippen molar-refractivity contribution in [3.63, 3.8) is 0 Å². The molecule has 15 heavy (non-hydrogen) atoms. The molecule has 5 heteroatoms. The van der Waals surface area contributed by atoms with Crippen molar-refractivity contribution < 1.29 is 17.7 Å². The molecule has 0 unspecified atom stereocenters. The van der Waals surface area contributed by atoms with Gasteiger partial charge in [0.25, 0.3) is 0 Å². The van der Waals surface area contributed by atoms with Crippen LogP contribution in [-0.4, -0.2) is 19.6 Å². The summed E-state index contributed by atoms with van der Waals surface area (Å²) < 4.78 is 37.7. The van der Waals surface area contributed by atoms with Crippen LogP contribution < -0.4 is 4.74 Å². The highest BCUT2D eigenvalue weighted by molar-refractivity contribution is 7.85. The van der Waals surface area contributed by atoms with Crippen molar-refractivity contribution in [1.82, 2.24) is 0 Å². The Morgan fingerprint density at radius 2 is 2.07 bits per heavy atom. The van der Waals surface area contributed by atoms with Gasteiger partial charge in [-0.2, -0.15) is 0 Å². The lowest BCUT2D eigenvalue weighted by Gasteiger charge is -2.12. The third-order valence-corrected chi connectivity index (χ3v) is 2.89. The lowest BCUT2D eigenvalue weighted by Crippen LogP contribution is -2.02. The lowest BCUT2D eigenvalue weighted by molar-refractivity contribution is 0.317. The molecule has 0 saturated heterocycles. The zero-order valence-electron chi connectivity index (χ0n) is 8.69. The van der Waals surface area contributed by atoms with E-state index >= 15 is 0 Å². The van der Waals surface area contributed by atoms with Gasteiger partial charge in [0.1, 0.15) is 15.9 Å². The standard InChI is InChI=1S/C10H14O4S/c1-3-6-14-9-4-5-10(8(2)7-9)15(11,12)13/h4-5,7H,3,6H2,1-2H3,(H,11,12,13)/p-1. The van der Waals surface area contributed by atoms with Gasteiger partial charge in [-0.1, -0.05) is 6.92 Å². The first-order valence-electron chi connectivity index (χ1n) is 4.64. The fourth-order valence-corrected chi connectivity index (χ4v) is 1.90. The second-order valence-corrected chi connectivity index (χ2v) is 4.58. The van der Waals surface area contributed by atoms with Crippen LogP contribution in [-0.2, 0) is 10.1 Å². The van der Waals surface area contributed by atoms with Crippen molar-refractivity contribution in [3.8, 4) is 5.75 Å². The van der Waals surface area contributed by atoms with Gasteiger partial charge in [-0.05, 0) is 37.1 Å². The maximum Gasteiger partial charge on any atom is 0.124 e. The van der Waals surface area contributed by atoms with Gasteiger partial charge in [0.05, 0.1) is 11.5 Å². The van der Waals surface area contributed by atoms with E-state index in [-0.39, 0.29) is 4.90 Å². The summed E-state index contributed by atoms with van der Waals surface area (Å²) in [7, 11) is -4.38. The van der Waals surface area contributed by atoms with Crippen LogP contribution >= 0.6 is 0 Å². The largest absolute Gasteiger partial charge is 0.744 e. The minimum atomic E-state index is -4.38. The summed E-state index contributed by atoms with van der Waals surface area (Å²) in [6.45, 7) is 4.12. The summed E-state index contributed by atoms with van der Waals surface area (Å²) in [4.78, 5) is -0.189. The molecule has 84 valence electrons. The Hall–Kier alpha value is -1.07. The van der Waals surface area contributed by atoms with E-state index in [4.69, 9.17) is 4.74 Å². The SMILES string of the molecule is CCCOc1ccc(S(=O)(=O)[O-])c(C)c1. The normalized spacial score (nSPS) is 11.4. The molecule has 4 nitrogen and oxygen atoms in total. The first-order valence-corrected chi connectivity index (χ1v) is 6.05. The van der Waals surface area contributed by atoms with Crippen molar-refractivity contribution >= 4 is 10.1 Å². The van der Waals surface area contributed by atoms with Crippen LogP contribution in [0.25, 0.3) is 0 Å². The van der Waals surface area contributed by atoms with E-state index in [1.54, 1.807) is 13.0 Å². The molecule has 1 aromatic carbocycles. The van der Waals surface area contributed by atoms with Crippen LogP contribution in [0.2, 0.25) is 0 Å². The number of ether oxygens (including phenoxy) is 1. The Morgan fingerprint density at radius 3 is 2.53 bits per heavy atom. The molecule has 0 heterocycles. The molecule has 1 rings (SSSR count). The van der Waals surface area contributed by atoms with Crippen molar-refractivity contribution in [2.75, 3.05) is 6.61 Å². The molecule has 0 radical (unpaired) electrons. The van der Waals surface area contributed by atoms with Crippen LogP contribution in [0, 0.1) is 6.92 Å². The second kappa shape index (κ2) is 4.63. The number of hydrogen-bond donors (Lipinski definition) is 0. The van der Waals surface area contributed by atoms with Gasteiger partial charge in [-0.3, -0.25) is 0 Å². The van der Waals surface area contributed by atoms with E-state index in [0.717, 1.165) is 6.42 Å². The van der Waals surface area contributed by atoms with E-state index < -0.39 is 10.1 Å². The molecule has 0 fully saturated rings. The van der Waals surface area contributed by atoms with E-state index in [0.29, 0.717) is 17.9 Å². The fraction of sp³-hybridized carbons (Fsp3) is 0.400. The monoisotopic (exact) mass is 229 g/mol.